The van der Waals surface area contributed by atoms with Crippen LogP contribution in [0.25, 0.3) is 11.1 Å². The van der Waals surface area contributed by atoms with Crippen LogP contribution >= 0.6 is 0 Å². The fraction of sp³-hybridized carbons (Fsp3) is 0. The van der Waals surface area contributed by atoms with E-state index in [-0.39, 0.29) is 5.75 Å². The molecule has 0 unspecified atom stereocenters. The van der Waals surface area contributed by atoms with Gasteiger partial charge in [-0.3, -0.25) is 0 Å². The van der Waals surface area contributed by atoms with Gasteiger partial charge in [-0.15, -0.1) is 0 Å². The van der Waals surface area contributed by atoms with Crippen LogP contribution in [0.1, 0.15) is 0 Å². The Labute approximate surface area is 117 Å². The summed E-state index contributed by atoms with van der Waals surface area (Å²) in [6.07, 6.45) is 1.69. The maximum atomic E-state index is 9.28. The number of phenolic OH excluding ortho intramolecular Hbond substituents is 1. The molecule has 0 radical (unpaired) electrons. The molecule has 0 saturated heterocycles. The van der Waals surface area contributed by atoms with Gasteiger partial charge in [0.05, 0.1) is 0 Å². The lowest BCUT2D eigenvalue weighted by Crippen LogP contribution is -1.86. The van der Waals surface area contributed by atoms with Crippen molar-refractivity contribution in [2.75, 3.05) is 0 Å². The van der Waals surface area contributed by atoms with Gasteiger partial charge in [-0.2, -0.15) is 0 Å². The van der Waals surface area contributed by atoms with Crippen molar-refractivity contribution in [1.29, 1.82) is 0 Å². The molecule has 0 bridgehead atoms. The number of nitrogens with zero attached hydrogens (tertiary/aromatic N) is 1. The highest BCUT2D eigenvalue weighted by Crippen LogP contribution is 2.25. The lowest BCUT2D eigenvalue weighted by molar-refractivity contribution is 0.463. The summed E-state index contributed by atoms with van der Waals surface area (Å²) < 4.78 is 5.64. The van der Waals surface area contributed by atoms with Gasteiger partial charge in [-0.25, -0.2) is 4.98 Å². The second-order valence-corrected chi connectivity index (χ2v) is 4.34. The summed E-state index contributed by atoms with van der Waals surface area (Å²) >= 11 is 0. The minimum atomic E-state index is 0.267. The van der Waals surface area contributed by atoms with Crippen LogP contribution < -0.4 is 4.74 Å². The standard InChI is InChI=1S/C17H13NO2/c19-15-8-4-13(5-9-15)14-6-10-16(11-7-14)20-17-3-1-2-12-18-17/h1-12,19H. The number of hydrogen-bond acceptors (Lipinski definition) is 3. The molecule has 3 aromatic rings. The van der Waals surface area contributed by atoms with Crippen LogP contribution in [0.5, 0.6) is 17.4 Å². The van der Waals surface area contributed by atoms with Crippen molar-refractivity contribution < 1.29 is 9.84 Å². The minimum absolute atomic E-state index is 0.267. The van der Waals surface area contributed by atoms with Gasteiger partial charge in [-0.1, -0.05) is 30.3 Å². The third kappa shape index (κ3) is 2.78. The third-order valence-corrected chi connectivity index (χ3v) is 2.92. The fourth-order valence-electron chi connectivity index (χ4n) is 1.90. The smallest absolute Gasteiger partial charge is 0.219 e. The Hall–Kier alpha value is -2.81. The molecule has 3 heteroatoms. The Morgan fingerprint density at radius 3 is 2.00 bits per heavy atom. The molecule has 0 aliphatic rings. The molecule has 1 heterocycles. The van der Waals surface area contributed by atoms with Crippen molar-refractivity contribution in [1.82, 2.24) is 4.98 Å². The first-order chi connectivity index (χ1) is 9.81. The van der Waals surface area contributed by atoms with Crippen LogP contribution in [0.3, 0.4) is 0 Å². The Morgan fingerprint density at radius 2 is 1.40 bits per heavy atom. The molecule has 2 aromatic carbocycles. The van der Waals surface area contributed by atoms with E-state index in [4.69, 9.17) is 4.74 Å². The molecule has 0 spiro atoms. The molecule has 3 rings (SSSR count). The average Bonchev–Trinajstić information content (AvgIpc) is 2.50. The van der Waals surface area contributed by atoms with Crippen molar-refractivity contribution >= 4 is 0 Å². The van der Waals surface area contributed by atoms with Gasteiger partial charge in [0.25, 0.3) is 0 Å². The summed E-state index contributed by atoms with van der Waals surface area (Å²) in [6.45, 7) is 0. The van der Waals surface area contributed by atoms with E-state index in [9.17, 15) is 5.11 Å². The first-order valence-corrected chi connectivity index (χ1v) is 6.30. The summed E-state index contributed by atoms with van der Waals surface area (Å²) in [7, 11) is 0. The van der Waals surface area contributed by atoms with Gasteiger partial charge < -0.3 is 9.84 Å². The minimum Gasteiger partial charge on any atom is -0.508 e. The number of aromatic nitrogens is 1. The molecular formula is C17H13NO2. The Morgan fingerprint density at radius 1 is 0.750 bits per heavy atom. The van der Waals surface area contributed by atoms with E-state index in [1.807, 2.05) is 54.6 Å². The summed E-state index contributed by atoms with van der Waals surface area (Å²) in [5.74, 6) is 1.58. The second kappa shape index (κ2) is 5.45. The Balaban J connectivity index is 1.79. The molecule has 3 nitrogen and oxygen atoms in total. The van der Waals surface area contributed by atoms with E-state index < -0.39 is 0 Å². The summed E-state index contributed by atoms with van der Waals surface area (Å²) in [5, 5.41) is 9.28. The highest BCUT2D eigenvalue weighted by Gasteiger charge is 2.00. The number of pyridine rings is 1. The predicted octanol–water partition coefficient (Wildman–Crippen LogP) is 4.25. The first kappa shape index (κ1) is 12.2. The summed E-state index contributed by atoms with van der Waals surface area (Å²) in [6, 6.07) is 20.4. The van der Waals surface area contributed by atoms with Gasteiger partial charge in [0.2, 0.25) is 5.88 Å². The summed E-state index contributed by atoms with van der Waals surface area (Å²) in [5.41, 5.74) is 2.12. The van der Waals surface area contributed by atoms with Crippen LogP contribution in [0.4, 0.5) is 0 Å². The van der Waals surface area contributed by atoms with E-state index in [0.29, 0.717) is 5.88 Å². The van der Waals surface area contributed by atoms with Crippen LogP contribution in [0.15, 0.2) is 72.9 Å². The number of phenols is 1. The van der Waals surface area contributed by atoms with Crippen molar-refractivity contribution in [2.45, 2.75) is 0 Å². The lowest BCUT2D eigenvalue weighted by Gasteiger charge is -2.06. The number of aromatic hydroxyl groups is 1. The number of hydrogen-bond donors (Lipinski definition) is 1. The zero-order chi connectivity index (χ0) is 13.8. The molecule has 0 atom stereocenters. The largest absolute Gasteiger partial charge is 0.508 e. The molecule has 98 valence electrons. The SMILES string of the molecule is Oc1ccc(-c2ccc(Oc3ccccn3)cc2)cc1. The molecule has 1 N–H and O–H groups in total. The molecule has 0 aliphatic carbocycles. The fourth-order valence-corrected chi connectivity index (χ4v) is 1.90. The molecule has 0 amide bonds. The molecule has 0 saturated carbocycles. The van der Waals surface area contributed by atoms with Crippen molar-refractivity contribution in [3.63, 3.8) is 0 Å². The zero-order valence-corrected chi connectivity index (χ0v) is 10.7. The highest BCUT2D eigenvalue weighted by atomic mass is 16.5. The molecule has 0 fully saturated rings. The van der Waals surface area contributed by atoms with E-state index in [1.165, 1.54) is 0 Å². The average molecular weight is 263 g/mol. The lowest BCUT2D eigenvalue weighted by atomic mass is 10.1. The molecule has 1 aromatic heterocycles. The van der Waals surface area contributed by atoms with Gasteiger partial charge >= 0.3 is 0 Å². The van der Waals surface area contributed by atoms with E-state index in [2.05, 4.69) is 4.98 Å². The van der Waals surface area contributed by atoms with E-state index in [0.717, 1.165) is 16.9 Å². The number of rotatable bonds is 3. The number of ether oxygens (including phenoxy) is 1. The Kier molecular flexibility index (Phi) is 3.33. The summed E-state index contributed by atoms with van der Waals surface area (Å²) in [4.78, 5) is 4.11. The topological polar surface area (TPSA) is 42.4 Å². The van der Waals surface area contributed by atoms with Crippen LogP contribution in [0, 0.1) is 0 Å². The second-order valence-electron chi connectivity index (χ2n) is 4.34. The maximum absolute atomic E-state index is 9.28. The van der Waals surface area contributed by atoms with Crippen molar-refractivity contribution in [3.8, 4) is 28.5 Å². The number of benzene rings is 2. The monoisotopic (exact) mass is 263 g/mol. The zero-order valence-electron chi connectivity index (χ0n) is 10.7. The van der Waals surface area contributed by atoms with E-state index >= 15 is 0 Å². The maximum Gasteiger partial charge on any atom is 0.219 e. The molecule has 20 heavy (non-hydrogen) atoms. The molecule has 0 aliphatic heterocycles. The quantitative estimate of drug-likeness (QED) is 0.768. The van der Waals surface area contributed by atoms with Crippen molar-refractivity contribution in [3.05, 3.63) is 72.9 Å². The third-order valence-electron chi connectivity index (χ3n) is 2.92. The normalized spacial score (nSPS) is 10.2. The Bertz CT molecular complexity index is 676. The molecular weight excluding hydrogens is 250 g/mol. The van der Waals surface area contributed by atoms with Crippen LogP contribution in [-0.4, -0.2) is 10.1 Å². The predicted molar refractivity (Wildman–Crippen MR) is 77.9 cm³/mol. The van der Waals surface area contributed by atoms with Crippen LogP contribution in [0.2, 0.25) is 0 Å². The van der Waals surface area contributed by atoms with Crippen molar-refractivity contribution in [2.24, 2.45) is 0 Å². The van der Waals surface area contributed by atoms with Gasteiger partial charge in [0, 0.05) is 12.3 Å². The highest BCUT2D eigenvalue weighted by molar-refractivity contribution is 5.64. The van der Waals surface area contributed by atoms with Crippen LogP contribution in [-0.2, 0) is 0 Å². The first-order valence-electron chi connectivity index (χ1n) is 6.30. The van der Waals surface area contributed by atoms with E-state index in [1.54, 1.807) is 18.3 Å². The van der Waals surface area contributed by atoms with Gasteiger partial charge in [0.1, 0.15) is 11.5 Å². The van der Waals surface area contributed by atoms with Gasteiger partial charge in [-0.05, 0) is 41.5 Å². The van der Waals surface area contributed by atoms with Gasteiger partial charge in [0.15, 0.2) is 0 Å².